The summed E-state index contributed by atoms with van der Waals surface area (Å²) in [6.45, 7) is -1.69. The molecule has 0 saturated carbocycles. The lowest BCUT2D eigenvalue weighted by atomic mass is 10.1. The van der Waals surface area contributed by atoms with Crippen LogP contribution >= 0.6 is 23.2 Å². The van der Waals surface area contributed by atoms with E-state index in [0.29, 0.717) is 10.6 Å². The van der Waals surface area contributed by atoms with Gasteiger partial charge in [-0.05, 0) is 17.7 Å². The average molecular weight is 288 g/mol. The molecule has 1 aromatic rings. The molecule has 96 valence electrons. The quantitative estimate of drug-likeness (QED) is 0.892. The van der Waals surface area contributed by atoms with Crippen molar-refractivity contribution in [2.75, 3.05) is 13.2 Å². The van der Waals surface area contributed by atoms with Gasteiger partial charge < -0.3 is 5.11 Å². The average Bonchev–Trinajstić information content (AvgIpc) is 2.19. The van der Waals surface area contributed by atoms with Crippen LogP contribution in [0.5, 0.6) is 0 Å². The number of alkyl halides is 3. The first-order valence-corrected chi connectivity index (χ1v) is 5.45. The van der Waals surface area contributed by atoms with E-state index in [-0.39, 0.29) is 5.02 Å². The van der Waals surface area contributed by atoms with E-state index in [2.05, 4.69) is 5.32 Å². The highest BCUT2D eigenvalue weighted by Crippen LogP contribution is 2.26. The predicted molar refractivity (Wildman–Crippen MR) is 60.3 cm³/mol. The molecule has 2 N–H and O–H groups in total. The molecule has 17 heavy (non-hydrogen) atoms. The van der Waals surface area contributed by atoms with Crippen molar-refractivity contribution in [3.63, 3.8) is 0 Å². The minimum Gasteiger partial charge on any atom is -0.394 e. The van der Waals surface area contributed by atoms with Gasteiger partial charge in [0.15, 0.2) is 0 Å². The van der Waals surface area contributed by atoms with Crippen molar-refractivity contribution >= 4 is 23.2 Å². The maximum absolute atomic E-state index is 12.0. The molecule has 0 heterocycles. The van der Waals surface area contributed by atoms with Gasteiger partial charge in [-0.1, -0.05) is 29.3 Å². The number of nitrogens with one attached hydrogen (secondary N) is 1. The third kappa shape index (κ3) is 4.71. The summed E-state index contributed by atoms with van der Waals surface area (Å²) in [5.74, 6) is 0. The topological polar surface area (TPSA) is 32.3 Å². The smallest absolute Gasteiger partial charge is 0.394 e. The van der Waals surface area contributed by atoms with Crippen LogP contribution in [0.1, 0.15) is 11.6 Å². The zero-order chi connectivity index (χ0) is 13.1. The molecule has 0 bridgehead atoms. The number of rotatable bonds is 4. The molecule has 0 fully saturated rings. The van der Waals surface area contributed by atoms with Gasteiger partial charge in [0, 0.05) is 10.0 Å². The van der Waals surface area contributed by atoms with Gasteiger partial charge in [0.25, 0.3) is 0 Å². The number of halogens is 5. The highest BCUT2D eigenvalue weighted by atomic mass is 35.5. The van der Waals surface area contributed by atoms with Crippen LogP contribution in [0, 0.1) is 0 Å². The summed E-state index contributed by atoms with van der Waals surface area (Å²) in [5, 5.41) is 11.8. The maximum Gasteiger partial charge on any atom is 0.401 e. The Bertz CT molecular complexity index is 384. The Labute approximate surface area is 106 Å². The van der Waals surface area contributed by atoms with Crippen LogP contribution in [0.2, 0.25) is 10.0 Å². The van der Waals surface area contributed by atoms with Crippen molar-refractivity contribution < 1.29 is 18.3 Å². The molecule has 1 rings (SSSR count). The molecule has 7 heteroatoms. The van der Waals surface area contributed by atoms with E-state index in [1.165, 1.54) is 18.2 Å². The number of aliphatic hydroxyl groups is 1. The monoisotopic (exact) mass is 287 g/mol. The molecule has 0 spiro atoms. The first kappa shape index (κ1) is 14.6. The fourth-order valence-corrected chi connectivity index (χ4v) is 1.84. The Morgan fingerprint density at radius 1 is 1.29 bits per heavy atom. The molecule has 0 amide bonds. The molecular formula is C10H10Cl2F3NO. The lowest BCUT2D eigenvalue weighted by Crippen LogP contribution is -2.33. The van der Waals surface area contributed by atoms with Gasteiger partial charge in [-0.15, -0.1) is 0 Å². The van der Waals surface area contributed by atoms with Gasteiger partial charge in [-0.2, -0.15) is 13.2 Å². The Morgan fingerprint density at radius 3 is 2.41 bits per heavy atom. The summed E-state index contributed by atoms with van der Waals surface area (Å²) >= 11 is 11.5. The standard InChI is InChI=1S/C10H10Cl2F3NO/c11-6-1-2-7(8(12)3-6)9(4-17)16-5-10(13,14)15/h1-3,9,16-17H,4-5H2. The Balaban J connectivity index is 2.79. The van der Waals surface area contributed by atoms with Gasteiger partial charge >= 0.3 is 6.18 Å². The minimum absolute atomic E-state index is 0.214. The second-order valence-electron chi connectivity index (χ2n) is 3.40. The van der Waals surface area contributed by atoms with E-state index in [9.17, 15) is 13.2 Å². The number of hydrogen-bond acceptors (Lipinski definition) is 2. The largest absolute Gasteiger partial charge is 0.401 e. The van der Waals surface area contributed by atoms with Crippen LogP contribution < -0.4 is 5.32 Å². The molecular weight excluding hydrogens is 278 g/mol. The van der Waals surface area contributed by atoms with Crippen LogP contribution in [-0.2, 0) is 0 Å². The Morgan fingerprint density at radius 2 is 1.94 bits per heavy atom. The van der Waals surface area contributed by atoms with Crippen molar-refractivity contribution in [3.8, 4) is 0 Å². The third-order valence-electron chi connectivity index (χ3n) is 2.07. The van der Waals surface area contributed by atoms with Crippen molar-refractivity contribution in [1.82, 2.24) is 5.32 Å². The van der Waals surface area contributed by atoms with E-state index in [4.69, 9.17) is 28.3 Å². The Hall–Kier alpha value is -0.490. The number of hydrogen-bond donors (Lipinski definition) is 2. The van der Waals surface area contributed by atoms with E-state index in [1.54, 1.807) is 0 Å². The molecule has 1 aromatic carbocycles. The third-order valence-corrected chi connectivity index (χ3v) is 2.63. The van der Waals surface area contributed by atoms with Gasteiger partial charge in [0.1, 0.15) is 0 Å². The predicted octanol–water partition coefficient (Wildman–Crippen LogP) is 3.18. The molecule has 1 unspecified atom stereocenters. The van der Waals surface area contributed by atoms with Gasteiger partial charge in [0.2, 0.25) is 0 Å². The zero-order valence-corrected chi connectivity index (χ0v) is 10.1. The van der Waals surface area contributed by atoms with E-state index < -0.39 is 25.4 Å². The van der Waals surface area contributed by atoms with Crippen LogP contribution in [0.15, 0.2) is 18.2 Å². The zero-order valence-electron chi connectivity index (χ0n) is 8.56. The first-order valence-electron chi connectivity index (χ1n) is 4.69. The van der Waals surface area contributed by atoms with Crippen LogP contribution in [-0.4, -0.2) is 24.4 Å². The van der Waals surface area contributed by atoms with Crippen molar-refractivity contribution in [1.29, 1.82) is 0 Å². The number of benzene rings is 1. The SMILES string of the molecule is OCC(NCC(F)(F)F)c1ccc(Cl)cc1Cl. The van der Waals surface area contributed by atoms with Crippen molar-refractivity contribution in [2.24, 2.45) is 0 Å². The normalized spacial score (nSPS) is 13.8. The summed E-state index contributed by atoms with van der Waals surface area (Å²) in [7, 11) is 0. The second kappa shape index (κ2) is 5.91. The molecule has 0 aromatic heterocycles. The highest BCUT2D eigenvalue weighted by Gasteiger charge is 2.28. The fraction of sp³-hybridized carbons (Fsp3) is 0.400. The van der Waals surface area contributed by atoms with Gasteiger partial charge in [0.05, 0.1) is 19.2 Å². The second-order valence-corrected chi connectivity index (χ2v) is 4.24. The molecule has 0 aliphatic heterocycles. The summed E-state index contributed by atoms with van der Waals surface area (Å²) in [6.07, 6.45) is -4.34. The molecule has 0 aliphatic rings. The van der Waals surface area contributed by atoms with E-state index in [0.717, 1.165) is 0 Å². The number of aliphatic hydroxyl groups excluding tert-OH is 1. The van der Waals surface area contributed by atoms with E-state index >= 15 is 0 Å². The Kier molecular flexibility index (Phi) is 5.06. The van der Waals surface area contributed by atoms with Gasteiger partial charge in [-0.3, -0.25) is 5.32 Å². The minimum atomic E-state index is -4.34. The van der Waals surface area contributed by atoms with Crippen LogP contribution in [0.25, 0.3) is 0 Å². The van der Waals surface area contributed by atoms with Crippen molar-refractivity contribution in [3.05, 3.63) is 33.8 Å². The van der Waals surface area contributed by atoms with Crippen molar-refractivity contribution in [2.45, 2.75) is 12.2 Å². The van der Waals surface area contributed by atoms with Crippen LogP contribution in [0.3, 0.4) is 0 Å². The lowest BCUT2D eigenvalue weighted by Gasteiger charge is -2.19. The van der Waals surface area contributed by atoms with Gasteiger partial charge in [-0.25, -0.2) is 0 Å². The van der Waals surface area contributed by atoms with E-state index in [1.807, 2.05) is 0 Å². The molecule has 0 aliphatic carbocycles. The van der Waals surface area contributed by atoms with Crippen LogP contribution in [0.4, 0.5) is 13.2 Å². The first-order chi connectivity index (χ1) is 7.83. The molecule has 0 radical (unpaired) electrons. The summed E-state index contributed by atoms with van der Waals surface area (Å²) < 4.78 is 36.1. The fourth-order valence-electron chi connectivity index (χ4n) is 1.30. The highest BCUT2D eigenvalue weighted by molar-refractivity contribution is 6.35. The summed E-state index contributed by atoms with van der Waals surface area (Å²) in [5.41, 5.74) is 0.378. The lowest BCUT2D eigenvalue weighted by molar-refractivity contribution is -0.126. The molecule has 0 saturated heterocycles. The maximum atomic E-state index is 12.0. The summed E-state index contributed by atoms with van der Waals surface area (Å²) in [4.78, 5) is 0. The summed E-state index contributed by atoms with van der Waals surface area (Å²) in [6, 6.07) is 3.52. The molecule has 2 nitrogen and oxygen atoms in total. The molecule has 1 atom stereocenters.